The first kappa shape index (κ1) is 18.4. The van der Waals surface area contributed by atoms with Gasteiger partial charge in [-0.2, -0.15) is 4.98 Å². The van der Waals surface area contributed by atoms with E-state index >= 15 is 0 Å². The quantitative estimate of drug-likeness (QED) is 0.799. The molecule has 3 heterocycles. The van der Waals surface area contributed by atoms with Gasteiger partial charge >= 0.3 is 6.01 Å². The van der Waals surface area contributed by atoms with E-state index in [9.17, 15) is 5.11 Å². The molecule has 7 nitrogen and oxygen atoms in total. The van der Waals surface area contributed by atoms with Gasteiger partial charge in [-0.15, -0.1) is 0 Å². The van der Waals surface area contributed by atoms with Crippen LogP contribution in [0.4, 0.5) is 0 Å². The summed E-state index contributed by atoms with van der Waals surface area (Å²) in [6.45, 7) is 9.27. The summed E-state index contributed by atoms with van der Waals surface area (Å²) in [6, 6.07) is 0.289. The Kier molecular flexibility index (Phi) is 6.09. The SMILES string of the molecule is CCOc1ncc(C2(O)CCN(CC3CCOC3)CC2)c(OCC)n1. The first-order valence-corrected chi connectivity index (χ1v) is 9.30. The lowest BCUT2D eigenvalue weighted by Crippen LogP contribution is -2.44. The van der Waals surface area contributed by atoms with Crippen LogP contribution in [0.1, 0.15) is 38.7 Å². The van der Waals surface area contributed by atoms with Gasteiger partial charge in [-0.1, -0.05) is 0 Å². The van der Waals surface area contributed by atoms with Gasteiger partial charge in [-0.25, -0.2) is 4.98 Å². The van der Waals surface area contributed by atoms with Gasteiger partial charge in [0.25, 0.3) is 0 Å². The second kappa shape index (κ2) is 8.29. The highest BCUT2D eigenvalue weighted by molar-refractivity contribution is 5.32. The molecule has 7 heteroatoms. The number of likely N-dealkylation sites (tertiary alicyclic amines) is 1. The van der Waals surface area contributed by atoms with Gasteiger partial charge in [0.15, 0.2) is 0 Å². The molecule has 0 amide bonds. The Morgan fingerprint density at radius 1 is 1.28 bits per heavy atom. The monoisotopic (exact) mass is 351 g/mol. The molecule has 1 atom stereocenters. The van der Waals surface area contributed by atoms with Gasteiger partial charge in [0, 0.05) is 32.4 Å². The Balaban J connectivity index is 1.68. The van der Waals surface area contributed by atoms with Crippen LogP contribution in [0.25, 0.3) is 0 Å². The highest BCUT2D eigenvalue weighted by Gasteiger charge is 2.38. The molecule has 0 radical (unpaired) electrons. The molecule has 1 N–H and O–H groups in total. The second-order valence-electron chi connectivity index (χ2n) is 6.80. The molecule has 0 aromatic carbocycles. The first-order chi connectivity index (χ1) is 12.1. The van der Waals surface area contributed by atoms with Gasteiger partial charge < -0.3 is 24.2 Å². The van der Waals surface area contributed by atoms with Crippen molar-refractivity contribution >= 4 is 0 Å². The van der Waals surface area contributed by atoms with E-state index in [2.05, 4.69) is 14.9 Å². The van der Waals surface area contributed by atoms with Gasteiger partial charge in [0.1, 0.15) is 0 Å². The predicted octanol–water partition coefficient (Wildman–Crippen LogP) is 1.59. The van der Waals surface area contributed by atoms with Crippen LogP contribution in [0, 0.1) is 5.92 Å². The maximum atomic E-state index is 11.2. The standard InChI is InChI=1S/C18H29N3O4/c1-3-24-16-15(11-19-17(20-16)25-4-2)18(22)6-8-21(9-7-18)12-14-5-10-23-13-14/h11,14,22H,3-10,12-13H2,1-2H3. The summed E-state index contributed by atoms with van der Waals surface area (Å²) in [5, 5.41) is 11.2. The summed E-state index contributed by atoms with van der Waals surface area (Å²) in [7, 11) is 0. The molecule has 25 heavy (non-hydrogen) atoms. The largest absolute Gasteiger partial charge is 0.478 e. The first-order valence-electron chi connectivity index (χ1n) is 9.30. The maximum absolute atomic E-state index is 11.2. The molecule has 140 valence electrons. The molecule has 0 aliphatic carbocycles. The molecule has 0 saturated carbocycles. The number of hydrogen-bond donors (Lipinski definition) is 1. The number of rotatable bonds is 7. The molecule has 0 bridgehead atoms. The zero-order chi connectivity index (χ0) is 17.7. The molecule has 2 saturated heterocycles. The Morgan fingerprint density at radius 3 is 2.68 bits per heavy atom. The van der Waals surface area contributed by atoms with Gasteiger partial charge in [0.2, 0.25) is 5.88 Å². The zero-order valence-electron chi connectivity index (χ0n) is 15.2. The minimum atomic E-state index is -0.947. The van der Waals surface area contributed by atoms with Crippen molar-refractivity contribution in [2.45, 2.75) is 38.7 Å². The molecular formula is C18H29N3O4. The van der Waals surface area contributed by atoms with Crippen LogP contribution in [0.15, 0.2) is 6.20 Å². The Labute approximate surface area is 149 Å². The van der Waals surface area contributed by atoms with E-state index in [0.29, 0.717) is 43.4 Å². The second-order valence-corrected chi connectivity index (χ2v) is 6.80. The van der Waals surface area contributed by atoms with Gasteiger partial charge in [0.05, 0.1) is 31.0 Å². The third kappa shape index (κ3) is 4.40. The van der Waals surface area contributed by atoms with Crippen molar-refractivity contribution in [1.29, 1.82) is 0 Å². The fourth-order valence-corrected chi connectivity index (χ4v) is 3.58. The normalized spacial score (nSPS) is 23.6. The van der Waals surface area contributed by atoms with E-state index in [1.54, 1.807) is 6.20 Å². The fourth-order valence-electron chi connectivity index (χ4n) is 3.58. The number of aliphatic hydroxyl groups is 1. The van der Waals surface area contributed by atoms with Crippen LogP contribution in [0.3, 0.4) is 0 Å². The summed E-state index contributed by atoms with van der Waals surface area (Å²) >= 11 is 0. The van der Waals surface area contributed by atoms with E-state index < -0.39 is 5.60 Å². The van der Waals surface area contributed by atoms with Crippen molar-refractivity contribution in [3.05, 3.63) is 11.8 Å². The molecule has 2 aliphatic heterocycles. The Bertz CT molecular complexity index is 555. The van der Waals surface area contributed by atoms with Crippen LogP contribution in [-0.4, -0.2) is 66.0 Å². The van der Waals surface area contributed by atoms with Crippen molar-refractivity contribution in [3.63, 3.8) is 0 Å². The van der Waals surface area contributed by atoms with E-state index in [0.717, 1.165) is 39.3 Å². The van der Waals surface area contributed by atoms with Crippen LogP contribution >= 0.6 is 0 Å². The summed E-state index contributed by atoms with van der Waals surface area (Å²) < 4.78 is 16.5. The van der Waals surface area contributed by atoms with Crippen LogP contribution in [0.5, 0.6) is 11.9 Å². The highest BCUT2D eigenvalue weighted by atomic mass is 16.5. The van der Waals surface area contributed by atoms with E-state index in [-0.39, 0.29) is 6.01 Å². The predicted molar refractivity (Wildman–Crippen MR) is 92.9 cm³/mol. The summed E-state index contributed by atoms with van der Waals surface area (Å²) in [5.41, 5.74) is -0.278. The Hall–Kier alpha value is -1.44. The minimum Gasteiger partial charge on any atom is -0.478 e. The summed E-state index contributed by atoms with van der Waals surface area (Å²) in [6.07, 6.45) is 4.10. The number of piperidine rings is 1. The van der Waals surface area contributed by atoms with Gasteiger partial charge in [-0.05, 0) is 39.0 Å². The molecule has 3 rings (SSSR count). The van der Waals surface area contributed by atoms with Crippen LogP contribution in [-0.2, 0) is 10.3 Å². The van der Waals surface area contributed by atoms with Gasteiger partial charge in [-0.3, -0.25) is 0 Å². The van der Waals surface area contributed by atoms with E-state index in [1.807, 2.05) is 13.8 Å². The third-order valence-electron chi connectivity index (χ3n) is 5.01. The molecule has 2 aliphatic rings. The van der Waals surface area contributed by atoms with Crippen molar-refractivity contribution in [1.82, 2.24) is 14.9 Å². The minimum absolute atomic E-state index is 0.289. The smallest absolute Gasteiger partial charge is 0.319 e. The average molecular weight is 351 g/mol. The lowest BCUT2D eigenvalue weighted by molar-refractivity contribution is -0.0315. The van der Waals surface area contributed by atoms with Crippen molar-refractivity contribution in [3.8, 4) is 11.9 Å². The highest BCUT2D eigenvalue weighted by Crippen LogP contribution is 2.37. The zero-order valence-corrected chi connectivity index (χ0v) is 15.2. The van der Waals surface area contributed by atoms with Crippen molar-refractivity contribution < 1.29 is 19.3 Å². The number of hydrogen-bond acceptors (Lipinski definition) is 7. The summed E-state index contributed by atoms with van der Waals surface area (Å²) in [4.78, 5) is 11.0. The van der Waals surface area contributed by atoms with E-state index in [4.69, 9.17) is 14.2 Å². The third-order valence-corrected chi connectivity index (χ3v) is 5.01. The lowest BCUT2D eigenvalue weighted by atomic mass is 9.85. The molecule has 1 aromatic rings. The maximum Gasteiger partial charge on any atom is 0.319 e. The van der Waals surface area contributed by atoms with Crippen LogP contribution in [0.2, 0.25) is 0 Å². The van der Waals surface area contributed by atoms with E-state index in [1.165, 1.54) is 0 Å². The summed E-state index contributed by atoms with van der Waals surface area (Å²) in [5.74, 6) is 1.06. The molecule has 1 aromatic heterocycles. The fraction of sp³-hybridized carbons (Fsp3) is 0.778. The van der Waals surface area contributed by atoms with Crippen molar-refractivity contribution in [2.75, 3.05) is 46.1 Å². The lowest BCUT2D eigenvalue weighted by Gasteiger charge is -2.39. The number of aromatic nitrogens is 2. The molecule has 0 spiro atoms. The molecule has 1 unspecified atom stereocenters. The average Bonchev–Trinajstić information content (AvgIpc) is 3.11. The Morgan fingerprint density at radius 2 is 2.04 bits per heavy atom. The van der Waals surface area contributed by atoms with Crippen LogP contribution < -0.4 is 9.47 Å². The topological polar surface area (TPSA) is 76.9 Å². The number of nitrogens with zero attached hydrogens (tertiary/aromatic N) is 3. The molecular weight excluding hydrogens is 322 g/mol. The van der Waals surface area contributed by atoms with Crippen molar-refractivity contribution in [2.24, 2.45) is 5.92 Å². The molecule has 2 fully saturated rings. The number of ether oxygens (including phenoxy) is 3.